The van der Waals surface area contributed by atoms with E-state index in [2.05, 4.69) is 37.3 Å². The number of carboxylic acid groups (broad SMARTS) is 1. The third-order valence-electron chi connectivity index (χ3n) is 7.88. The molecule has 4 rings (SSSR count). The summed E-state index contributed by atoms with van der Waals surface area (Å²) in [6, 6.07) is 0. The summed E-state index contributed by atoms with van der Waals surface area (Å²) < 4.78 is 0. The molecule has 0 aromatic rings. The highest BCUT2D eigenvalue weighted by Crippen LogP contribution is 2.67. The monoisotopic (exact) mass is 354 g/mol. The van der Waals surface area contributed by atoms with Crippen molar-refractivity contribution >= 4 is 5.97 Å². The molecule has 0 aromatic carbocycles. The Hall–Kier alpha value is -1.31. The van der Waals surface area contributed by atoms with Gasteiger partial charge in [-0.25, -0.2) is 0 Å². The highest BCUT2D eigenvalue weighted by atomic mass is 16.4. The van der Waals surface area contributed by atoms with Gasteiger partial charge in [-0.15, -0.1) is 0 Å². The van der Waals surface area contributed by atoms with Crippen molar-refractivity contribution in [3.05, 3.63) is 36.5 Å². The van der Waals surface area contributed by atoms with Crippen LogP contribution in [0.4, 0.5) is 0 Å². The van der Waals surface area contributed by atoms with E-state index >= 15 is 0 Å². The molecule has 8 atom stereocenters. The normalized spacial score (nSPS) is 42.0. The topological polar surface area (TPSA) is 37.3 Å². The molecule has 0 aromatic heterocycles. The van der Waals surface area contributed by atoms with Crippen LogP contribution in [0.2, 0.25) is 0 Å². The highest BCUT2D eigenvalue weighted by Gasteiger charge is 2.62. The summed E-state index contributed by atoms with van der Waals surface area (Å²) >= 11 is 0. The molecule has 142 valence electrons. The predicted molar refractivity (Wildman–Crippen MR) is 106 cm³/mol. The molecule has 4 aliphatic rings. The molecule has 0 amide bonds. The molecule has 0 radical (unpaired) electrons. The number of carboxylic acids is 1. The molecule has 0 bridgehead atoms. The summed E-state index contributed by atoms with van der Waals surface area (Å²) in [5, 5.41) is 9.55. The quantitative estimate of drug-likeness (QED) is 0.416. The number of unbranched alkanes of at least 4 members (excludes halogenated alkanes) is 5. The zero-order valence-electron chi connectivity index (χ0n) is 16.1. The van der Waals surface area contributed by atoms with E-state index in [1.54, 1.807) is 0 Å². The first-order valence-corrected chi connectivity index (χ1v) is 10.9. The Morgan fingerprint density at radius 2 is 1.77 bits per heavy atom. The molecule has 2 nitrogen and oxygen atoms in total. The van der Waals surface area contributed by atoms with Gasteiger partial charge in [0, 0.05) is 0 Å². The first-order valence-electron chi connectivity index (χ1n) is 10.9. The molecular weight excluding hydrogens is 320 g/mol. The van der Waals surface area contributed by atoms with Crippen LogP contribution in [-0.2, 0) is 4.79 Å². The first-order chi connectivity index (χ1) is 12.7. The van der Waals surface area contributed by atoms with Crippen molar-refractivity contribution in [2.75, 3.05) is 0 Å². The molecule has 2 heteroatoms. The molecule has 1 N–H and O–H groups in total. The molecule has 26 heavy (non-hydrogen) atoms. The zero-order valence-corrected chi connectivity index (χ0v) is 16.1. The Morgan fingerprint density at radius 1 is 1.00 bits per heavy atom. The molecule has 2 fully saturated rings. The molecule has 0 spiro atoms. The fourth-order valence-electron chi connectivity index (χ4n) is 6.77. The first kappa shape index (κ1) is 18.1. The lowest BCUT2D eigenvalue weighted by molar-refractivity contribution is -0.143. The van der Waals surface area contributed by atoms with E-state index in [0.29, 0.717) is 11.8 Å². The third-order valence-corrected chi connectivity index (χ3v) is 7.88. The maximum absolute atomic E-state index is 11.6. The van der Waals surface area contributed by atoms with E-state index in [1.165, 1.54) is 51.4 Å². The summed E-state index contributed by atoms with van der Waals surface area (Å²) in [5.74, 6) is 3.88. The minimum absolute atomic E-state index is 0.256. The van der Waals surface area contributed by atoms with E-state index in [1.807, 2.05) is 6.08 Å². The van der Waals surface area contributed by atoms with Crippen LogP contribution in [0.25, 0.3) is 0 Å². The van der Waals surface area contributed by atoms with Gasteiger partial charge in [0.05, 0.1) is 5.92 Å². The summed E-state index contributed by atoms with van der Waals surface area (Å²) in [4.78, 5) is 11.6. The van der Waals surface area contributed by atoms with Gasteiger partial charge in [-0.2, -0.15) is 0 Å². The van der Waals surface area contributed by atoms with Crippen molar-refractivity contribution < 1.29 is 9.90 Å². The summed E-state index contributed by atoms with van der Waals surface area (Å²) in [6.45, 7) is 2.10. The van der Waals surface area contributed by atoms with E-state index in [9.17, 15) is 9.90 Å². The van der Waals surface area contributed by atoms with Gasteiger partial charge in [0.1, 0.15) is 0 Å². The number of rotatable bonds is 9. The lowest BCUT2D eigenvalue weighted by atomic mass is 9.50. The SMILES string of the molecule is C/C=C/CCCCCCC[C@@H]1[C@@H]2C=C[C@@H]3[C@H]4[C@@H]2[C@H]1C[C@@H]4C=C[C@@H]3C(=O)O. The van der Waals surface area contributed by atoms with E-state index in [0.717, 1.165) is 23.7 Å². The van der Waals surface area contributed by atoms with Crippen molar-refractivity contribution in [2.24, 2.45) is 47.3 Å². The molecule has 2 saturated carbocycles. The van der Waals surface area contributed by atoms with Gasteiger partial charge >= 0.3 is 5.97 Å². The zero-order chi connectivity index (χ0) is 18.1. The number of carbonyl (C=O) groups is 1. The lowest BCUT2D eigenvalue weighted by Gasteiger charge is -2.54. The Bertz CT molecular complexity index is 601. The second kappa shape index (κ2) is 7.74. The smallest absolute Gasteiger partial charge is 0.310 e. The van der Waals surface area contributed by atoms with Gasteiger partial charge in [-0.1, -0.05) is 62.1 Å². The standard InChI is InChI=1S/C24H34O2/c1-2-3-4-5-6-7-8-9-10-17-18-13-14-19-20(24(25)26)12-11-16-15-21(17)23(18)22(16)19/h2-3,11-14,16-23H,4-10,15H2,1H3,(H,25,26)/b3-2+/t16-,17+,18-,19-,20-,21-,22-,23-/m0/s1. The second-order valence-electron chi connectivity index (χ2n) is 9.08. The van der Waals surface area contributed by atoms with Crippen LogP contribution < -0.4 is 0 Å². The Morgan fingerprint density at radius 3 is 2.58 bits per heavy atom. The summed E-state index contributed by atoms with van der Waals surface area (Å²) in [6.07, 6.45) is 24.2. The molecule has 0 aliphatic heterocycles. The fourth-order valence-corrected chi connectivity index (χ4v) is 6.77. The number of allylic oxidation sites excluding steroid dienone is 5. The molecule has 4 aliphatic carbocycles. The van der Waals surface area contributed by atoms with Crippen LogP contribution in [0.1, 0.15) is 58.3 Å². The largest absolute Gasteiger partial charge is 0.481 e. The number of hydrogen-bond acceptors (Lipinski definition) is 1. The highest BCUT2D eigenvalue weighted by molar-refractivity contribution is 5.73. The second-order valence-corrected chi connectivity index (χ2v) is 9.08. The van der Waals surface area contributed by atoms with Crippen molar-refractivity contribution in [1.29, 1.82) is 0 Å². The molecule has 0 saturated heterocycles. The fraction of sp³-hybridized carbons (Fsp3) is 0.708. The maximum atomic E-state index is 11.6. The summed E-state index contributed by atoms with van der Waals surface area (Å²) in [7, 11) is 0. The summed E-state index contributed by atoms with van der Waals surface area (Å²) in [5.41, 5.74) is 0. The Labute approximate surface area is 158 Å². The maximum Gasteiger partial charge on any atom is 0.310 e. The van der Waals surface area contributed by atoms with Crippen LogP contribution in [0.3, 0.4) is 0 Å². The minimum Gasteiger partial charge on any atom is -0.481 e. The van der Waals surface area contributed by atoms with Gasteiger partial charge < -0.3 is 5.11 Å². The van der Waals surface area contributed by atoms with Crippen LogP contribution in [0, 0.1) is 47.3 Å². The van der Waals surface area contributed by atoms with Crippen LogP contribution in [0.5, 0.6) is 0 Å². The van der Waals surface area contributed by atoms with Crippen molar-refractivity contribution in [1.82, 2.24) is 0 Å². The molecule has 0 unspecified atom stereocenters. The van der Waals surface area contributed by atoms with Crippen molar-refractivity contribution in [3.63, 3.8) is 0 Å². The van der Waals surface area contributed by atoms with Gasteiger partial charge in [0.2, 0.25) is 0 Å². The van der Waals surface area contributed by atoms with Crippen LogP contribution >= 0.6 is 0 Å². The number of aliphatic carboxylic acids is 1. The predicted octanol–water partition coefficient (Wildman–Crippen LogP) is 5.86. The Kier molecular flexibility index (Phi) is 5.38. The average molecular weight is 355 g/mol. The van der Waals surface area contributed by atoms with Crippen LogP contribution in [-0.4, -0.2) is 11.1 Å². The van der Waals surface area contributed by atoms with Gasteiger partial charge in [-0.3, -0.25) is 4.79 Å². The third kappa shape index (κ3) is 3.10. The average Bonchev–Trinajstić information content (AvgIpc) is 2.98. The van der Waals surface area contributed by atoms with Gasteiger partial charge in [0.25, 0.3) is 0 Å². The van der Waals surface area contributed by atoms with E-state index in [4.69, 9.17) is 0 Å². The van der Waals surface area contributed by atoms with E-state index in [-0.39, 0.29) is 11.8 Å². The molecular formula is C24H34O2. The van der Waals surface area contributed by atoms with Gasteiger partial charge in [-0.05, 0) is 74.0 Å². The lowest BCUT2D eigenvalue weighted by Crippen LogP contribution is -2.50. The minimum atomic E-state index is -0.637. The van der Waals surface area contributed by atoms with Crippen molar-refractivity contribution in [2.45, 2.75) is 58.3 Å². The van der Waals surface area contributed by atoms with E-state index < -0.39 is 5.97 Å². The van der Waals surface area contributed by atoms with Crippen molar-refractivity contribution in [3.8, 4) is 0 Å². The number of hydrogen-bond donors (Lipinski definition) is 1. The van der Waals surface area contributed by atoms with Gasteiger partial charge in [0.15, 0.2) is 0 Å². The van der Waals surface area contributed by atoms with Crippen LogP contribution in [0.15, 0.2) is 36.5 Å². The molecule has 0 heterocycles. The Balaban J connectivity index is 1.28.